The van der Waals surface area contributed by atoms with Gasteiger partial charge in [0.2, 0.25) is 6.23 Å². The fourth-order valence-electron chi connectivity index (χ4n) is 3.86. The lowest BCUT2D eigenvalue weighted by atomic mass is 9.96. The van der Waals surface area contributed by atoms with Crippen LogP contribution >= 0.6 is 15.9 Å². The fourth-order valence-corrected chi connectivity index (χ4v) is 4.24. The normalized spacial score (nSPS) is 19.8. The van der Waals surface area contributed by atoms with Crippen molar-refractivity contribution in [1.82, 2.24) is 5.01 Å². The summed E-state index contributed by atoms with van der Waals surface area (Å²) < 4.78 is 26.0. The van der Waals surface area contributed by atoms with Gasteiger partial charge in [-0.05, 0) is 60.2 Å². The monoisotopic (exact) mass is 452 g/mol. The zero-order chi connectivity index (χ0) is 20.0. The molecule has 3 aromatic rings. The summed E-state index contributed by atoms with van der Waals surface area (Å²) in [4.78, 5) is 0. The Labute approximate surface area is 176 Å². The fraction of sp³-hybridized carbons (Fsp3) is 0.174. The predicted octanol–water partition coefficient (Wildman–Crippen LogP) is 5.84. The molecule has 0 aromatic heterocycles. The van der Waals surface area contributed by atoms with Crippen molar-refractivity contribution >= 4 is 21.6 Å². The van der Waals surface area contributed by atoms with Crippen LogP contribution in [0.15, 0.2) is 76.3 Å². The average molecular weight is 453 g/mol. The summed E-state index contributed by atoms with van der Waals surface area (Å²) in [6, 6.07) is 20.4. The smallest absolute Gasteiger partial charge is 0.213 e. The van der Waals surface area contributed by atoms with E-state index in [1.54, 1.807) is 19.2 Å². The van der Waals surface area contributed by atoms with E-state index >= 15 is 0 Å². The molecule has 146 valence electrons. The van der Waals surface area contributed by atoms with Gasteiger partial charge in [-0.15, -0.1) is 0 Å². The summed E-state index contributed by atoms with van der Waals surface area (Å²) in [6.07, 6.45) is 0.378. The topological polar surface area (TPSA) is 34.1 Å². The van der Waals surface area contributed by atoms with E-state index in [0.717, 1.165) is 44.8 Å². The molecule has 0 fully saturated rings. The molecule has 0 unspecified atom stereocenters. The number of hydrazone groups is 1. The average Bonchev–Trinajstić information content (AvgIpc) is 3.20. The number of fused-ring (bicyclic) bond motifs is 3. The molecule has 3 aromatic carbocycles. The minimum atomic E-state index is -0.350. The lowest BCUT2D eigenvalue weighted by Crippen LogP contribution is -2.33. The number of benzene rings is 3. The summed E-state index contributed by atoms with van der Waals surface area (Å²) >= 11 is 3.56. The van der Waals surface area contributed by atoms with Gasteiger partial charge in [0.25, 0.3) is 0 Å². The Hall–Kier alpha value is -2.86. The van der Waals surface area contributed by atoms with E-state index < -0.39 is 0 Å². The molecule has 2 aliphatic heterocycles. The number of ether oxygens (including phenoxy) is 2. The minimum absolute atomic E-state index is 0.0448. The van der Waals surface area contributed by atoms with Crippen molar-refractivity contribution in [2.24, 2.45) is 5.10 Å². The third kappa shape index (κ3) is 3.27. The van der Waals surface area contributed by atoms with Crippen LogP contribution in [0.1, 0.15) is 35.4 Å². The van der Waals surface area contributed by atoms with Gasteiger partial charge in [-0.1, -0.05) is 28.1 Å². The van der Waals surface area contributed by atoms with Gasteiger partial charge in [-0.25, -0.2) is 9.40 Å². The first-order valence-corrected chi connectivity index (χ1v) is 10.1. The van der Waals surface area contributed by atoms with Crippen LogP contribution in [0, 0.1) is 5.82 Å². The molecule has 0 saturated carbocycles. The Morgan fingerprint density at radius 3 is 2.55 bits per heavy atom. The number of hydrogen-bond acceptors (Lipinski definition) is 4. The number of methoxy groups -OCH3 is 1. The lowest BCUT2D eigenvalue weighted by molar-refractivity contribution is -0.0191. The molecule has 0 aliphatic carbocycles. The molecule has 5 rings (SSSR count). The van der Waals surface area contributed by atoms with E-state index in [4.69, 9.17) is 14.6 Å². The largest absolute Gasteiger partial charge is 0.497 e. The second-order valence-electron chi connectivity index (χ2n) is 7.08. The molecule has 0 saturated heterocycles. The highest BCUT2D eigenvalue weighted by molar-refractivity contribution is 9.10. The third-order valence-electron chi connectivity index (χ3n) is 5.33. The first kappa shape index (κ1) is 18.2. The van der Waals surface area contributed by atoms with E-state index in [1.165, 1.54) is 12.1 Å². The highest BCUT2D eigenvalue weighted by Gasteiger charge is 2.41. The number of halogens is 2. The van der Waals surface area contributed by atoms with Gasteiger partial charge in [0, 0.05) is 22.0 Å². The Kier molecular flexibility index (Phi) is 4.51. The third-order valence-corrected chi connectivity index (χ3v) is 5.82. The van der Waals surface area contributed by atoms with Crippen molar-refractivity contribution in [3.05, 3.63) is 93.7 Å². The molecule has 0 spiro atoms. The maximum Gasteiger partial charge on any atom is 0.213 e. The van der Waals surface area contributed by atoms with Crippen LogP contribution in [-0.2, 0) is 0 Å². The number of rotatable bonds is 3. The molecular formula is C23H18BrFN2O2. The first-order chi connectivity index (χ1) is 14.1. The van der Waals surface area contributed by atoms with Crippen molar-refractivity contribution < 1.29 is 13.9 Å². The summed E-state index contributed by atoms with van der Waals surface area (Å²) in [6.45, 7) is 0. The van der Waals surface area contributed by atoms with Gasteiger partial charge in [0.1, 0.15) is 17.3 Å². The minimum Gasteiger partial charge on any atom is -0.497 e. The Balaban J connectivity index is 1.58. The van der Waals surface area contributed by atoms with E-state index in [0.29, 0.717) is 0 Å². The van der Waals surface area contributed by atoms with Gasteiger partial charge in [-0.3, -0.25) is 0 Å². The molecule has 6 heteroatoms. The van der Waals surface area contributed by atoms with Crippen molar-refractivity contribution in [3.8, 4) is 11.5 Å². The molecule has 29 heavy (non-hydrogen) atoms. The van der Waals surface area contributed by atoms with Crippen LogP contribution in [0.5, 0.6) is 11.5 Å². The summed E-state index contributed by atoms with van der Waals surface area (Å²) in [5.74, 6) is 1.40. The van der Waals surface area contributed by atoms with Crippen LogP contribution < -0.4 is 9.47 Å². The van der Waals surface area contributed by atoms with Gasteiger partial charge >= 0.3 is 0 Å². The zero-order valence-corrected chi connectivity index (χ0v) is 17.3. The maximum absolute atomic E-state index is 13.4. The molecule has 4 nitrogen and oxygen atoms in total. The number of nitrogens with zero attached hydrogens (tertiary/aromatic N) is 2. The summed E-state index contributed by atoms with van der Waals surface area (Å²) in [5.41, 5.74) is 3.93. The molecule has 0 radical (unpaired) electrons. The lowest BCUT2D eigenvalue weighted by Gasteiger charge is -2.38. The summed E-state index contributed by atoms with van der Waals surface area (Å²) in [7, 11) is 1.65. The van der Waals surface area contributed by atoms with Crippen LogP contribution in [0.2, 0.25) is 0 Å². The molecule has 0 amide bonds. The zero-order valence-electron chi connectivity index (χ0n) is 15.7. The molecule has 2 aliphatic rings. The first-order valence-electron chi connectivity index (χ1n) is 9.34. The predicted molar refractivity (Wildman–Crippen MR) is 113 cm³/mol. The highest BCUT2D eigenvalue weighted by atomic mass is 79.9. The Bertz CT molecular complexity index is 1080. The molecule has 0 bridgehead atoms. The van der Waals surface area contributed by atoms with Gasteiger partial charge in [0.15, 0.2) is 0 Å². The maximum atomic E-state index is 13.4. The number of hydrogen-bond donors (Lipinski definition) is 0. The quantitative estimate of drug-likeness (QED) is 0.500. The van der Waals surface area contributed by atoms with Crippen molar-refractivity contribution in [2.45, 2.75) is 18.7 Å². The van der Waals surface area contributed by atoms with Gasteiger partial charge < -0.3 is 9.47 Å². The molecular weight excluding hydrogens is 435 g/mol. The van der Waals surface area contributed by atoms with Gasteiger partial charge in [0.05, 0.1) is 18.9 Å². The summed E-state index contributed by atoms with van der Waals surface area (Å²) in [5, 5.41) is 6.90. The van der Waals surface area contributed by atoms with Crippen LogP contribution in [0.25, 0.3) is 0 Å². The van der Waals surface area contributed by atoms with Crippen molar-refractivity contribution in [1.29, 1.82) is 0 Å². The van der Waals surface area contributed by atoms with Crippen molar-refractivity contribution in [3.63, 3.8) is 0 Å². The SMILES string of the molecule is COc1ccc([C@@H]2Oc3ccc(Br)cc3[C@H]3CC(c4ccc(F)cc4)=NN32)cc1. The van der Waals surface area contributed by atoms with Crippen LogP contribution in [0.4, 0.5) is 4.39 Å². The highest BCUT2D eigenvalue weighted by Crippen LogP contribution is 2.48. The second kappa shape index (κ2) is 7.19. The van der Waals surface area contributed by atoms with Gasteiger partial charge in [-0.2, -0.15) is 5.10 Å². The van der Waals surface area contributed by atoms with E-state index in [1.807, 2.05) is 41.4 Å². The molecule has 0 N–H and O–H groups in total. The molecule has 2 atom stereocenters. The Morgan fingerprint density at radius 2 is 1.83 bits per heavy atom. The van der Waals surface area contributed by atoms with E-state index in [2.05, 4.69) is 22.0 Å². The van der Waals surface area contributed by atoms with E-state index in [-0.39, 0.29) is 18.1 Å². The van der Waals surface area contributed by atoms with E-state index in [9.17, 15) is 4.39 Å². The Morgan fingerprint density at radius 1 is 1.07 bits per heavy atom. The second-order valence-corrected chi connectivity index (χ2v) is 7.99. The molecule has 2 heterocycles. The van der Waals surface area contributed by atoms with Crippen LogP contribution in [-0.4, -0.2) is 17.8 Å². The standard InChI is InChI=1S/C23H18BrFN2O2/c1-28-18-9-4-15(5-10-18)23-27-21(19-12-16(24)6-11-22(19)29-23)13-20(26-27)14-2-7-17(25)8-3-14/h2-12,21,23H,13H2,1H3/t21-,23+/m1/s1. The van der Waals surface area contributed by atoms with Crippen LogP contribution in [0.3, 0.4) is 0 Å². The van der Waals surface area contributed by atoms with Crippen molar-refractivity contribution in [2.75, 3.05) is 7.11 Å².